The molecule has 5 aromatic rings. The van der Waals surface area contributed by atoms with E-state index in [4.69, 9.17) is 9.97 Å². The summed E-state index contributed by atoms with van der Waals surface area (Å²) in [6.07, 6.45) is 3.62. The number of hydrogen-bond acceptors (Lipinski definition) is 6. The van der Waals surface area contributed by atoms with Gasteiger partial charge >= 0.3 is 0 Å². The van der Waals surface area contributed by atoms with Gasteiger partial charge in [0, 0.05) is 35.9 Å². The minimum atomic E-state index is -0.161. The van der Waals surface area contributed by atoms with Gasteiger partial charge in [-0.05, 0) is 18.1 Å². The summed E-state index contributed by atoms with van der Waals surface area (Å²) in [5.41, 5.74) is 3.33. The van der Waals surface area contributed by atoms with Crippen LogP contribution in [0.5, 0.6) is 0 Å². The van der Waals surface area contributed by atoms with Crippen LogP contribution in [0.4, 0.5) is 5.82 Å². The van der Waals surface area contributed by atoms with Crippen LogP contribution in [-0.4, -0.2) is 37.3 Å². The number of fused-ring (bicyclic) bond motifs is 1. The van der Waals surface area contributed by atoms with Crippen molar-refractivity contribution in [3.05, 3.63) is 73.1 Å². The van der Waals surface area contributed by atoms with E-state index in [2.05, 4.69) is 34.6 Å². The molecule has 7 heteroatoms. The van der Waals surface area contributed by atoms with Crippen LogP contribution in [0, 0.1) is 0 Å². The fourth-order valence-corrected chi connectivity index (χ4v) is 4.94. The molecule has 0 aliphatic heterocycles. The largest absolute Gasteiger partial charge is 0.394 e. The Kier molecular flexibility index (Phi) is 5.43. The normalized spacial score (nSPS) is 12.2. The quantitative estimate of drug-likeness (QED) is 0.378. The van der Waals surface area contributed by atoms with Gasteiger partial charge in [-0.1, -0.05) is 60.7 Å². The molecule has 0 aliphatic rings. The molecule has 32 heavy (non-hydrogen) atoms. The summed E-state index contributed by atoms with van der Waals surface area (Å²) < 4.78 is 1.91. The molecule has 160 valence electrons. The molecule has 0 saturated carbocycles. The number of nitrogens with zero attached hydrogens (tertiary/aromatic N) is 4. The Bertz CT molecular complexity index is 1360. The van der Waals surface area contributed by atoms with Crippen molar-refractivity contribution < 1.29 is 5.11 Å². The standard InChI is InChI=1S/C25H23N5OS/c1-16(15-31)27-22-20-19(17-9-5-3-6-10-17)21(18-11-7-4-8-12-18)32-25(20)29-23(28-22)24-26-13-14-30(24)2/h3-14,16,31H,15H2,1-2H3,(H,27,28,29). The molecular weight excluding hydrogens is 418 g/mol. The SMILES string of the molecule is CC(CO)Nc1nc(-c2nccn2C)nc2sc(-c3ccccc3)c(-c3ccccc3)c12. The van der Waals surface area contributed by atoms with E-state index in [0.29, 0.717) is 17.5 Å². The third kappa shape index (κ3) is 3.66. The van der Waals surface area contributed by atoms with E-state index in [0.717, 1.165) is 31.8 Å². The Labute approximate surface area is 190 Å². The van der Waals surface area contributed by atoms with E-state index in [1.165, 1.54) is 0 Å². The number of imidazole rings is 1. The maximum atomic E-state index is 9.72. The van der Waals surface area contributed by atoms with Crippen LogP contribution in [0.25, 0.3) is 43.4 Å². The minimum absolute atomic E-state index is 0.000413. The average molecular weight is 442 g/mol. The monoisotopic (exact) mass is 441 g/mol. The highest BCUT2D eigenvalue weighted by Gasteiger charge is 2.23. The first kappa shape index (κ1) is 20.4. The lowest BCUT2D eigenvalue weighted by Gasteiger charge is -2.15. The zero-order valence-electron chi connectivity index (χ0n) is 17.9. The number of anilines is 1. The maximum absolute atomic E-state index is 9.72. The van der Waals surface area contributed by atoms with Crippen LogP contribution in [0.2, 0.25) is 0 Å². The molecule has 6 nitrogen and oxygen atoms in total. The number of rotatable bonds is 6. The third-order valence-electron chi connectivity index (χ3n) is 5.33. The highest BCUT2D eigenvalue weighted by Crippen LogP contribution is 2.46. The lowest BCUT2D eigenvalue weighted by atomic mass is 9.99. The van der Waals surface area contributed by atoms with Crippen LogP contribution in [0.1, 0.15) is 6.92 Å². The fraction of sp³-hybridized carbons (Fsp3) is 0.160. The first-order valence-electron chi connectivity index (χ1n) is 10.5. The van der Waals surface area contributed by atoms with E-state index >= 15 is 0 Å². The molecular formula is C25H23N5OS. The van der Waals surface area contributed by atoms with Gasteiger partial charge in [-0.25, -0.2) is 15.0 Å². The van der Waals surface area contributed by atoms with Crippen molar-refractivity contribution in [2.75, 3.05) is 11.9 Å². The summed E-state index contributed by atoms with van der Waals surface area (Å²) in [5.74, 6) is 1.95. The molecule has 0 fully saturated rings. The molecule has 0 aliphatic carbocycles. The van der Waals surface area contributed by atoms with Crippen molar-refractivity contribution in [2.45, 2.75) is 13.0 Å². The molecule has 0 radical (unpaired) electrons. The summed E-state index contributed by atoms with van der Waals surface area (Å²) in [6, 6.07) is 20.5. The van der Waals surface area contributed by atoms with Crippen molar-refractivity contribution >= 4 is 27.4 Å². The average Bonchev–Trinajstić information content (AvgIpc) is 3.43. The van der Waals surface area contributed by atoms with Crippen molar-refractivity contribution in [1.29, 1.82) is 0 Å². The van der Waals surface area contributed by atoms with Crippen molar-refractivity contribution in [1.82, 2.24) is 19.5 Å². The molecule has 2 aromatic carbocycles. The van der Waals surface area contributed by atoms with Crippen molar-refractivity contribution in [3.63, 3.8) is 0 Å². The maximum Gasteiger partial charge on any atom is 0.199 e. The van der Waals surface area contributed by atoms with Crippen LogP contribution >= 0.6 is 11.3 Å². The Morgan fingerprint density at radius 3 is 2.31 bits per heavy atom. The number of aryl methyl sites for hydroxylation is 1. The second-order valence-electron chi connectivity index (χ2n) is 7.70. The lowest BCUT2D eigenvalue weighted by Crippen LogP contribution is -2.20. The van der Waals surface area contributed by atoms with Gasteiger partial charge in [0.1, 0.15) is 10.6 Å². The second-order valence-corrected chi connectivity index (χ2v) is 8.70. The number of aliphatic hydroxyl groups is 1. The predicted molar refractivity (Wildman–Crippen MR) is 131 cm³/mol. The molecule has 3 aromatic heterocycles. The summed E-state index contributed by atoms with van der Waals surface area (Å²) in [6.45, 7) is 1.93. The summed E-state index contributed by atoms with van der Waals surface area (Å²) in [5, 5.41) is 14.1. The highest BCUT2D eigenvalue weighted by molar-refractivity contribution is 7.22. The van der Waals surface area contributed by atoms with Gasteiger partial charge in [0.05, 0.1) is 12.0 Å². The fourth-order valence-electron chi connectivity index (χ4n) is 3.74. The molecule has 0 saturated heterocycles. The number of nitrogens with one attached hydrogen (secondary N) is 1. The summed E-state index contributed by atoms with van der Waals surface area (Å²) >= 11 is 1.65. The van der Waals surface area contributed by atoms with Crippen molar-refractivity contribution in [2.24, 2.45) is 7.05 Å². The van der Waals surface area contributed by atoms with Gasteiger partial charge < -0.3 is 15.0 Å². The number of aromatic nitrogens is 4. The summed E-state index contributed by atoms with van der Waals surface area (Å²) in [7, 11) is 1.93. The number of benzene rings is 2. The molecule has 2 N–H and O–H groups in total. The van der Waals surface area contributed by atoms with Crippen LogP contribution in [-0.2, 0) is 7.05 Å². The molecule has 5 rings (SSSR count). The van der Waals surface area contributed by atoms with Crippen LogP contribution < -0.4 is 5.32 Å². The van der Waals surface area contributed by atoms with Gasteiger partial charge in [-0.15, -0.1) is 11.3 Å². The number of thiophene rings is 1. The molecule has 1 unspecified atom stereocenters. The van der Waals surface area contributed by atoms with E-state index in [1.807, 2.05) is 61.1 Å². The zero-order valence-corrected chi connectivity index (χ0v) is 18.7. The molecule has 0 amide bonds. The third-order valence-corrected chi connectivity index (χ3v) is 6.46. The first-order valence-corrected chi connectivity index (χ1v) is 11.3. The van der Waals surface area contributed by atoms with Gasteiger partial charge in [-0.2, -0.15) is 0 Å². The van der Waals surface area contributed by atoms with E-state index in [9.17, 15) is 5.11 Å². The molecule has 0 bridgehead atoms. The van der Waals surface area contributed by atoms with Gasteiger partial charge in [-0.3, -0.25) is 0 Å². The van der Waals surface area contributed by atoms with Crippen LogP contribution in [0.3, 0.4) is 0 Å². The van der Waals surface area contributed by atoms with Crippen LogP contribution in [0.15, 0.2) is 73.1 Å². The highest BCUT2D eigenvalue weighted by atomic mass is 32.1. The van der Waals surface area contributed by atoms with Crippen molar-refractivity contribution in [3.8, 4) is 33.2 Å². The number of hydrogen-bond donors (Lipinski definition) is 2. The molecule has 1 atom stereocenters. The van der Waals surface area contributed by atoms with E-state index in [1.54, 1.807) is 17.5 Å². The Morgan fingerprint density at radius 2 is 1.69 bits per heavy atom. The topological polar surface area (TPSA) is 75.9 Å². The minimum Gasteiger partial charge on any atom is -0.394 e. The Hall–Kier alpha value is -3.55. The van der Waals surface area contributed by atoms with Gasteiger partial charge in [0.25, 0.3) is 0 Å². The van der Waals surface area contributed by atoms with E-state index < -0.39 is 0 Å². The first-order chi connectivity index (χ1) is 15.7. The number of aliphatic hydroxyl groups excluding tert-OH is 1. The summed E-state index contributed by atoms with van der Waals surface area (Å²) in [4.78, 5) is 16.3. The smallest absolute Gasteiger partial charge is 0.199 e. The van der Waals surface area contributed by atoms with Gasteiger partial charge in [0.15, 0.2) is 11.6 Å². The van der Waals surface area contributed by atoms with Gasteiger partial charge in [0.2, 0.25) is 0 Å². The predicted octanol–water partition coefficient (Wildman–Crippen LogP) is 5.22. The Balaban J connectivity index is 1.85. The Morgan fingerprint density at radius 1 is 1.00 bits per heavy atom. The van der Waals surface area contributed by atoms with E-state index in [-0.39, 0.29) is 12.6 Å². The molecule has 0 spiro atoms. The lowest BCUT2D eigenvalue weighted by molar-refractivity contribution is 0.281. The molecule has 3 heterocycles. The zero-order chi connectivity index (χ0) is 22.1. The second kappa shape index (κ2) is 8.53.